The lowest BCUT2D eigenvalue weighted by molar-refractivity contribution is -0.118. The first kappa shape index (κ1) is 14.2. The summed E-state index contributed by atoms with van der Waals surface area (Å²) in [6.07, 6.45) is 1.77. The van der Waals surface area contributed by atoms with E-state index in [0.29, 0.717) is 0 Å². The molecule has 22 heavy (non-hydrogen) atoms. The number of amides is 3. The average Bonchev–Trinajstić information content (AvgIpc) is 2.87. The Labute approximate surface area is 128 Å². The van der Waals surface area contributed by atoms with Gasteiger partial charge in [-0.2, -0.15) is 0 Å². The number of carbonyl (C=O) groups excluding carboxylic acids is 2. The maximum absolute atomic E-state index is 12.4. The number of nitrogens with two attached hydrogens (primary N) is 1. The highest BCUT2D eigenvalue weighted by Gasteiger charge is 2.29. The summed E-state index contributed by atoms with van der Waals surface area (Å²) in [7, 11) is 0. The molecule has 1 aliphatic carbocycles. The van der Waals surface area contributed by atoms with Gasteiger partial charge in [-0.25, -0.2) is 4.79 Å². The lowest BCUT2D eigenvalue weighted by Gasteiger charge is -2.22. The predicted molar refractivity (Wildman–Crippen MR) is 82.4 cm³/mol. The van der Waals surface area contributed by atoms with E-state index in [4.69, 9.17) is 5.73 Å². The van der Waals surface area contributed by atoms with Gasteiger partial charge in [-0.3, -0.25) is 4.79 Å². The van der Waals surface area contributed by atoms with E-state index in [1.807, 2.05) is 12.1 Å². The minimum atomic E-state index is -0.507. The SMILES string of the molecule is C=C1NC(=O)NC(C(=O)N[C@@H]2CCc3c(C)cccc32)=C1N. The van der Waals surface area contributed by atoms with Crippen LogP contribution in [0.5, 0.6) is 0 Å². The largest absolute Gasteiger partial charge is 0.395 e. The monoisotopic (exact) mass is 298 g/mol. The molecule has 1 heterocycles. The van der Waals surface area contributed by atoms with Crippen molar-refractivity contribution in [1.29, 1.82) is 0 Å². The summed E-state index contributed by atoms with van der Waals surface area (Å²) in [5, 5.41) is 7.80. The zero-order valence-electron chi connectivity index (χ0n) is 12.3. The van der Waals surface area contributed by atoms with Gasteiger partial charge >= 0.3 is 6.03 Å². The van der Waals surface area contributed by atoms with E-state index < -0.39 is 11.9 Å². The normalized spacial score (nSPS) is 20.3. The van der Waals surface area contributed by atoms with Crippen molar-refractivity contribution in [2.45, 2.75) is 25.8 Å². The van der Waals surface area contributed by atoms with Crippen LogP contribution in [0.4, 0.5) is 4.79 Å². The third-order valence-electron chi connectivity index (χ3n) is 4.13. The van der Waals surface area contributed by atoms with Crippen molar-refractivity contribution in [2.24, 2.45) is 5.73 Å². The van der Waals surface area contributed by atoms with Gasteiger partial charge < -0.3 is 21.7 Å². The van der Waals surface area contributed by atoms with Crippen LogP contribution in [-0.2, 0) is 11.2 Å². The van der Waals surface area contributed by atoms with Crippen molar-refractivity contribution in [3.8, 4) is 0 Å². The third-order valence-corrected chi connectivity index (χ3v) is 4.13. The number of hydrogen-bond donors (Lipinski definition) is 4. The molecule has 0 fully saturated rings. The maximum atomic E-state index is 12.4. The molecule has 2 aliphatic rings. The van der Waals surface area contributed by atoms with Gasteiger partial charge in [-0.05, 0) is 36.5 Å². The molecule has 0 unspecified atom stereocenters. The van der Waals surface area contributed by atoms with Gasteiger partial charge in [0.2, 0.25) is 0 Å². The van der Waals surface area contributed by atoms with E-state index in [1.54, 1.807) is 0 Å². The van der Waals surface area contributed by atoms with Crippen molar-refractivity contribution in [3.05, 3.63) is 58.6 Å². The lowest BCUT2D eigenvalue weighted by Crippen LogP contribution is -2.47. The van der Waals surface area contributed by atoms with Gasteiger partial charge in [0.05, 0.1) is 17.4 Å². The Hall–Kier alpha value is -2.76. The average molecular weight is 298 g/mol. The van der Waals surface area contributed by atoms with Crippen LogP contribution in [0.15, 0.2) is 41.9 Å². The second-order valence-electron chi connectivity index (χ2n) is 5.55. The number of urea groups is 1. The molecule has 0 spiro atoms. The van der Waals surface area contributed by atoms with Crippen LogP contribution in [0.3, 0.4) is 0 Å². The Kier molecular flexibility index (Phi) is 3.36. The molecule has 0 aromatic heterocycles. The summed E-state index contributed by atoms with van der Waals surface area (Å²) in [6.45, 7) is 5.69. The molecule has 1 aromatic carbocycles. The smallest absolute Gasteiger partial charge is 0.323 e. The molecule has 0 saturated carbocycles. The van der Waals surface area contributed by atoms with Crippen molar-refractivity contribution in [1.82, 2.24) is 16.0 Å². The van der Waals surface area contributed by atoms with Gasteiger partial charge in [0.1, 0.15) is 5.70 Å². The summed E-state index contributed by atoms with van der Waals surface area (Å²) >= 11 is 0. The van der Waals surface area contributed by atoms with Crippen LogP contribution in [-0.4, -0.2) is 11.9 Å². The van der Waals surface area contributed by atoms with Gasteiger partial charge in [0.25, 0.3) is 5.91 Å². The number of fused-ring (bicyclic) bond motifs is 1. The minimum Gasteiger partial charge on any atom is -0.395 e. The molecule has 3 amide bonds. The molecular formula is C16H18N4O2. The van der Waals surface area contributed by atoms with Crippen LogP contribution in [0.25, 0.3) is 0 Å². The van der Waals surface area contributed by atoms with Gasteiger partial charge in [-0.1, -0.05) is 24.8 Å². The van der Waals surface area contributed by atoms with Crippen LogP contribution in [0.2, 0.25) is 0 Å². The summed E-state index contributed by atoms with van der Waals surface area (Å²) in [5.74, 6) is -0.396. The number of aryl methyl sites for hydroxylation is 1. The molecule has 5 N–H and O–H groups in total. The van der Waals surface area contributed by atoms with Crippen molar-refractivity contribution in [2.75, 3.05) is 0 Å². The second kappa shape index (κ2) is 5.22. The molecule has 0 saturated heterocycles. The summed E-state index contributed by atoms with van der Waals surface area (Å²) in [6, 6.07) is 5.51. The highest BCUT2D eigenvalue weighted by atomic mass is 16.2. The van der Waals surface area contributed by atoms with Gasteiger partial charge in [-0.15, -0.1) is 0 Å². The number of benzene rings is 1. The topological polar surface area (TPSA) is 96.2 Å². The molecule has 0 radical (unpaired) electrons. The Morgan fingerprint density at radius 2 is 2.18 bits per heavy atom. The number of carbonyl (C=O) groups is 2. The van der Waals surface area contributed by atoms with Gasteiger partial charge in [0, 0.05) is 0 Å². The first-order valence-electron chi connectivity index (χ1n) is 7.13. The molecule has 6 heteroatoms. The number of rotatable bonds is 2. The Morgan fingerprint density at radius 1 is 1.41 bits per heavy atom. The molecule has 3 rings (SSSR count). The van der Waals surface area contributed by atoms with E-state index in [2.05, 4.69) is 35.5 Å². The summed E-state index contributed by atoms with van der Waals surface area (Å²) < 4.78 is 0. The second-order valence-corrected chi connectivity index (χ2v) is 5.55. The quantitative estimate of drug-likeness (QED) is 0.658. The molecule has 0 bridgehead atoms. The highest BCUT2D eigenvalue weighted by Crippen LogP contribution is 2.33. The first-order chi connectivity index (χ1) is 10.5. The fourth-order valence-electron chi connectivity index (χ4n) is 2.96. The minimum absolute atomic E-state index is 0.0508. The van der Waals surface area contributed by atoms with Crippen molar-refractivity contribution >= 4 is 11.9 Å². The molecular weight excluding hydrogens is 280 g/mol. The van der Waals surface area contributed by atoms with Crippen LogP contribution >= 0.6 is 0 Å². The van der Waals surface area contributed by atoms with Crippen molar-refractivity contribution in [3.63, 3.8) is 0 Å². The first-order valence-corrected chi connectivity index (χ1v) is 7.13. The number of hydrogen-bond acceptors (Lipinski definition) is 3. The van der Waals surface area contributed by atoms with Crippen molar-refractivity contribution < 1.29 is 9.59 Å². The zero-order valence-corrected chi connectivity index (χ0v) is 12.3. The molecule has 114 valence electrons. The van der Waals surface area contributed by atoms with E-state index in [-0.39, 0.29) is 23.1 Å². The Bertz CT molecular complexity index is 721. The van der Waals surface area contributed by atoms with E-state index in [9.17, 15) is 9.59 Å². The summed E-state index contributed by atoms with van der Waals surface area (Å²) in [4.78, 5) is 23.9. The number of nitrogens with one attached hydrogen (secondary N) is 3. The van der Waals surface area contributed by atoms with Crippen LogP contribution < -0.4 is 21.7 Å². The highest BCUT2D eigenvalue weighted by molar-refractivity contribution is 6.00. The fraction of sp³-hybridized carbons (Fsp3) is 0.250. The standard InChI is InChI=1S/C16H18N4O2/c1-8-4-3-5-11-10(8)6-7-12(11)19-15(21)14-13(17)9(2)18-16(22)20-14/h3-5,12H,2,6-7,17H2,1H3,(H,19,21)(H2,18,20,22)/t12-/m1/s1. The molecule has 1 aromatic rings. The predicted octanol–water partition coefficient (Wildman–Crippen LogP) is 1.10. The molecule has 1 aliphatic heterocycles. The van der Waals surface area contributed by atoms with Crippen LogP contribution in [0.1, 0.15) is 29.2 Å². The lowest BCUT2D eigenvalue weighted by atomic mass is 10.0. The van der Waals surface area contributed by atoms with E-state index >= 15 is 0 Å². The Morgan fingerprint density at radius 3 is 2.95 bits per heavy atom. The third kappa shape index (κ3) is 2.32. The summed E-state index contributed by atoms with van der Waals surface area (Å²) in [5.41, 5.74) is 9.91. The Balaban J connectivity index is 1.82. The maximum Gasteiger partial charge on any atom is 0.323 e. The van der Waals surface area contributed by atoms with E-state index in [0.717, 1.165) is 18.4 Å². The van der Waals surface area contributed by atoms with E-state index in [1.165, 1.54) is 11.1 Å². The zero-order chi connectivity index (χ0) is 15.9. The van der Waals surface area contributed by atoms with Gasteiger partial charge in [0.15, 0.2) is 0 Å². The fourth-order valence-corrected chi connectivity index (χ4v) is 2.96. The van der Waals surface area contributed by atoms with Crippen LogP contribution in [0, 0.1) is 6.92 Å². The molecule has 1 atom stereocenters. The molecule has 6 nitrogen and oxygen atoms in total.